The summed E-state index contributed by atoms with van der Waals surface area (Å²) in [6.45, 7) is 0.985. The van der Waals surface area contributed by atoms with Crippen LogP contribution in [-0.2, 0) is 13.0 Å². The fraction of sp³-hybridized carbons (Fsp3) is 0.250. The number of nitrogens with one attached hydrogen (secondary N) is 2. The quantitative estimate of drug-likeness (QED) is 0.612. The minimum Gasteiger partial charge on any atom is -0.493 e. The minimum atomic E-state index is -0.198. The van der Waals surface area contributed by atoms with Crippen molar-refractivity contribution in [3.63, 3.8) is 0 Å². The summed E-state index contributed by atoms with van der Waals surface area (Å²) in [7, 11) is 3.18. The van der Waals surface area contributed by atoms with Crippen molar-refractivity contribution in [3.8, 4) is 21.9 Å². The van der Waals surface area contributed by atoms with Crippen LogP contribution in [-0.4, -0.2) is 26.8 Å². The van der Waals surface area contributed by atoms with E-state index in [9.17, 15) is 4.79 Å². The second kappa shape index (κ2) is 9.14. The molecule has 0 saturated carbocycles. The van der Waals surface area contributed by atoms with Crippen LogP contribution < -0.4 is 20.1 Å². The molecule has 0 aliphatic heterocycles. The lowest BCUT2D eigenvalue weighted by molar-refractivity contribution is 0.240. The summed E-state index contributed by atoms with van der Waals surface area (Å²) in [5.74, 6) is 1.31. The topological polar surface area (TPSA) is 72.7 Å². The molecule has 0 aliphatic carbocycles. The van der Waals surface area contributed by atoms with Gasteiger partial charge in [0.25, 0.3) is 0 Å². The molecule has 2 N–H and O–H groups in total. The van der Waals surface area contributed by atoms with Crippen LogP contribution in [0.1, 0.15) is 10.4 Å². The molecular formula is C20H22N2O4S. The van der Waals surface area contributed by atoms with Gasteiger partial charge in [0.15, 0.2) is 11.5 Å². The highest BCUT2D eigenvalue weighted by atomic mass is 32.1. The lowest BCUT2D eigenvalue weighted by atomic mass is 10.2. The summed E-state index contributed by atoms with van der Waals surface area (Å²) < 4.78 is 15.6. The molecule has 2 amide bonds. The summed E-state index contributed by atoms with van der Waals surface area (Å²) in [6.07, 6.45) is 4.18. The first kappa shape index (κ1) is 18.8. The van der Waals surface area contributed by atoms with Gasteiger partial charge in [-0.3, -0.25) is 0 Å². The second-order valence-corrected chi connectivity index (χ2v) is 7.00. The number of rotatable bonds is 8. The molecule has 0 unspecified atom stereocenters. The molecule has 7 heteroatoms. The van der Waals surface area contributed by atoms with Crippen LogP contribution in [0.5, 0.6) is 11.5 Å². The van der Waals surface area contributed by atoms with Gasteiger partial charge in [0.05, 0.1) is 26.7 Å². The Bertz CT molecular complexity index is 874. The van der Waals surface area contributed by atoms with E-state index in [0.717, 1.165) is 22.4 Å². The Morgan fingerprint density at radius 3 is 2.67 bits per heavy atom. The molecule has 0 atom stereocenters. The summed E-state index contributed by atoms with van der Waals surface area (Å²) in [5.41, 5.74) is 2.01. The fourth-order valence-electron chi connectivity index (χ4n) is 2.61. The molecule has 0 aliphatic rings. The maximum Gasteiger partial charge on any atom is 0.315 e. The van der Waals surface area contributed by atoms with E-state index in [1.165, 1.54) is 4.88 Å². The van der Waals surface area contributed by atoms with Crippen molar-refractivity contribution < 1.29 is 18.7 Å². The molecule has 2 heterocycles. The van der Waals surface area contributed by atoms with E-state index < -0.39 is 0 Å². The van der Waals surface area contributed by atoms with Crippen molar-refractivity contribution in [1.29, 1.82) is 0 Å². The number of thiophene rings is 1. The third-order valence-corrected chi connectivity index (χ3v) is 5.22. The average Bonchev–Trinajstić information content (AvgIpc) is 3.37. The van der Waals surface area contributed by atoms with Crippen LogP contribution in [0.15, 0.2) is 53.3 Å². The number of carbonyl (C=O) groups excluding carboxylic acids is 1. The van der Waals surface area contributed by atoms with Gasteiger partial charge in [0.1, 0.15) is 0 Å². The van der Waals surface area contributed by atoms with Crippen LogP contribution in [0.3, 0.4) is 0 Å². The molecule has 142 valence electrons. The van der Waals surface area contributed by atoms with E-state index in [-0.39, 0.29) is 6.03 Å². The van der Waals surface area contributed by atoms with E-state index >= 15 is 0 Å². The third-order valence-electron chi connectivity index (χ3n) is 4.03. The number of carbonyl (C=O) groups is 1. The lowest BCUT2D eigenvalue weighted by Gasteiger charge is -2.11. The molecule has 3 aromatic rings. The second-order valence-electron chi connectivity index (χ2n) is 5.83. The molecule has 3 rings (SSSR count). The summed E-state index contributed by atoms with van der Waals surface area (Å²) in [5, 5.41) is 5.72. The molecule has 0 spiro atoms. The van der Waals surface area contributed by atoms with Crippen molar-refractivity contribution in [2.45, 2.75) is 13.0 Å². The maximum atomic E-state index is 12.0. The number of methoxy groups -OCH3 is 2. The average molecular weight is 386 g/mol. The highest BCUT2D eigenvalue weighted by Gasteiger charge is 2.07. The van der Waals surface area contributed by atoms with Gasteiger partial charge in [-0.05, 0) is 42.3 Å². The van der Waals surface area contributed by atoms with Crippen molar-refractivity contribution in [1.82, 2.24) is 10.6 Å². The van der Waals surface area contributed by atoms with Crippen molar-refractivity contribution in [3.05, 3.63) is 59.4 Å². The molecule has 0 saturated heterocycles. The van der Waals surface area contributed by atoms with E-state index in [4.69, 9.17) is 13.9 Å². The van der Waals surface area contributed by atoms with Gasteiger partial charge in [0, 0.05) is 28.4 Å². The molecule has 0 bridgehead atoms. The zero-order chi connectivity index (χ0) is 19.1. The first-order valence-corrected chi connectivity index (χ1v) is 9.35. The highest BCUT2D eigenvalue weighted by molar-refractivity contribution is 7.15. The Labute approximate surface area is 162 Å². The van der Waals surface area contributed by atoms with Crippen LogP contribution >= 0.6 is 11.3 Å². The number of hydrogen-bond acceptors (Lipinski definition) is 5. The highest BCUT2D eigenvalue weighted by Crippen LogP contribution is 2.29. The number of benzene rings is 1. The Morgan fingerprint density at radius 2 is 1.93 bits per heavy atom. The maximum absolute atomic E-state index is 12.0. The number of ether oxygens (including phenoxy) is 2. The van der Waals surface area contributed by atoms with Gasteiger partial charge in [-0.15, -0.1) is 11.3 Å². The Balaban J connectivity index is 1.42. The van der Waals surface area contributed by atoms with E-state index in [2.05, 4.69) is 22.8 Å². The Kier molecular flexibility index (Phi) is 6.38. The van der Waals surface area contributed by atoms with Crippen LogP contribution in [0.2, 0.25) is 0 Å². The Morgan fingerprint density at radius 1 is 1.07 bits per heavy atom. The zero-order valence-electron chi connectivity index (χ0n) is 15.3. The van der Waals surface area contributed by atoms with Crippen molar-refractivity contribution in [2.24, 2.45) is 0 Å². The van der Waals surface area contributed by atoms with Gasteiger partial charge in [0.2, 0.25) is 0 Å². The first-order valence-electron chi connectivity index (χ1n) is 8.53. The predicted molar refractivity (Wildman–Crippen MR) is 106 cm³/mol. The lowest BCUT2D eigenvalue weighted by Crippen LogP contribution is -2.36. The van der Waals surface area contributed by atoms with Crippen LogP contribution in [0, 0.1) is 0 Å². The number of amides is 2. The standard InChI is InChI=1S/C20H22N2O4S/c1-24-17-5-3-14(11-18(17)25-2)12-22-20(23)21-9-7-16-4-6-19(27-16)15-8-10-26-13-15/h3-6,8,10-11,13H,7,9,12H2,1-2H3,(H2,21,22,23). The third kappa shape index (κ3) is 5.04. The number of hydrogen-bond donors (Lipinski definition) is 2. The normalized spacial score (nSPS) is 10.4. The summed E-state index contributed by atoms with van der Waals surface area (Å²) in [4.78, 5) is 14.4. The SMILES string of the molecule is COc1ccc(CNC(=O)NCCc2ccc(-c3ccoc3)s2)cc1OC. The minimum absolute atomic E-state index is 0.198. The zero-order valence-corrected chi connectivity index (χ0v) is 16.1. The molecular weight excluding hydrogens is 364 g/mol. The van der Waals surface area contributed by atoms with E-state index in [1.807, 2.05) is 24.3 Å². The van der Waals surface area contributed by atoms with E-state index in [0.29, 0.717) is 24.6 Å². The van der Waals surface area contributed by atoms with Crippen molar-refractivity contribution in [2.75, 3.05) is 20.8 Å². The number of furan rings is 1. The van der Waals surface area contributed by atoms with Gasteiger partial charge in [-0.1, -0.05) is 6.07 Å². The number of urea groups is 1. The van der Waals surface area contributed by atoms with Gasteiger partial charge >= 0.3 is 6.03 Å². The van der Waals surface area contributed by atoms with Crippen LogP contribution in [0.25, 0.3) is 10.4 Å². The van der Waals surface area contributed by atoms with Gasteiger partial charge < -0.3 is 24.5 Å². The predicted octanol–water partition coefficient (Wildman–Crippen LogP) is 4.07. The molecule has 0 radical (unpaired) electrons. The Hall–Kier alpha value is -2.93. The van der Waals surface area contributed by atoms with E-state index in [1.54, 1.807) is 38.1 Å². The van der Waals surface area contributed by atoms with Crippen molar-refractivity contribution >= 4 is 17.4 Å². The first-order chi connectivity index (χ1) is 13.2. The largest absolute Gasteiger partial charge is 0.493 e. The molecule has 27 heavy (non-hydrogen) atoms. The molecule has 2 aromatic heterocycles. The smallest absolute Gasteiger partial charge is 0.315 e. The van der Waals surface area contributed by atoms with Gasteiger partial charge in [-0.25, -0.2) is 4.79 Å². The molecule has 1 aromatic carbocycles. The van der Waals surface area contributed by atoms with Gasteiger partial charge in [-0.2, -0.15) is 0 Å². The summed E-state index contributed by atoms with van der Waals surface area (Å²) >= 11 is 1.70. The van der Waals surface area contributed by atoms with Crippen LogP contribution in [0.4, 0.5) is 4.79 Å². The monoisotopic (exact) mass is 386 g/mol. The molecule has 0 fully saturated rings. The fourth-order valence-corrected chi connectivity index (χ4v) is 3.60. The summed E-state index contributed by atoms with van der Waals surface area (Å²) in [6, 6.07) is 11.5. The molecule has 6 nitrogen and oxygen atoms in total.